The van der Waals surface area contributed by atoms with Crippen LogP contribution >= 0.6 is 0 Å². The highest BCUT2D eigenvalue weighted by Gasteiger charge is 2.55. The number of methoxy groups -OCH3 is 1. The van der Waals surface area contributed by atoms with Crippen molar-refractivity contribution in [2.24, 2.45) is 0 Å². The van der Waals surface area contributed by atoms with Crippen LogP contribution in [0.4, 0.5) is 9.18 Å². The van der Waals surface area contributed by atoms with E-state index in [1.54, 1.807) is 18.2 Å². The number of H-pyrrole nitrogens is 1. The minimum Gasteiger partial charge on any atom is -0.497 e. The van der Waals surface area contributed by atoms with Gasteiger partial charge in [-0.3, -0.25) is 14.9 Å². The molecule has 2 aliphatic heterocycles. The number of benzene rings is 2. The maximum absolute atomic E-state index is 13.2. The number of aromatic nitrogens is 3. The molecule has 0 saturated carbocycles. The van der Waals surface area contributed by atoms with Crippen molar-refractivity contribution in [1.29, 1.82) is 0 Å². The zero-order valence-electron chi connectivity index (χ0n) is 16.9. The Morgan fingerprint density at radius 1 is 1.19 bits per heavy atom. The number of hydrogen-bond donors (Lipinski definition) is 2. The molecule has 0 bridgehead atoms. The van der Waals surface area contributed by atoms with Gasteiger partial charge in [0.2, 0.25) is 5.54 Å². The highest BCUT2D eigenvalue weighted by molar-refractivity contribution is 6.08. The van der Waals surface area contributed by atoms with Crippen LogP contribution in [0.25, 0.3) is 5.69 Å². The van der Waals surface area contributed by atoms with Gasteiger partial charge in [-0.05, 0) is 46.8 Å². The Balaban J connectivity index is 1.49. The van der Waals surface area contributed by atoms with Crippen LogP contribution in [0, 0.1) is 5.82 Å². The number of carbonyl (C=O) groups excluding carboxylic acids is 3. The summed E-state index contributed by atoms with van der Waals surface area (Å²) in [4.78, 5) is 40.8. The highest BCUT2D eigenvalue weighted by Crippen LogP contribution is 2.31. The number of nitrogens with zero attached hydrogens (tertiary/aromatic N) is 3. The Labute approximate surface area is 181 Å². The lowest BCUT2D eigenvalue weighted by atomic mass is 9.95. The summed E-state index contributed by atoms with van der Waals surface area (Å²) >= 11 is 0. The molecule has 1 atom stereocenters. The minimum absolute atomic E-state index is 0.130. The van der Waals surface area contributed by atoms with E-state index < -0.39 is 23.3 Å². The Bertz CT molecular complexity index is 1260. The average molecular weight is 437 g/mol. The number of imide groups is 1. The zero-order valence-corrected chi connectivity index (χ0v) is 16.9. The van der Waals surface area contributed by atoms with Crippen molar-refractivity contribution in [2.45, 2.75) is 12.1 Å². The van der Waals surface area contributed by atoms with Crippen molar-refractivity contribution in [3.8, 4) is 11.4 Å². The number of carbonyl (C=O) groups is 3. The smallest absolute Gasteiger partial charge is 0.322 e. The first-order valence-corrected chi connectivity index (χ1v) is 9.73. The molecule has 10 nitrogen and oxygen atoms in total. The van der Waals surface area contributed by atoms with Crippen molar-refractivity contribution < 1.29 is 28.6 Å². The van der Waals surface area contributed by atoms with E-state index in [9.17, 15) is 18.8 Å². The van der Waals surface area contributed by atoms with Gasteiger partial charge in [0.25, 0.3) is 17.5 Å². The van der Waals surface area contributed by atoms with E-state index in [1.807, 2.05) is 0 Å². The minimum atomic E-state index is -1.60. The number of nitrogens with one attached hydrogen (secondary N) is 3. The van der Waals surface area contributed by atoms with E-state index in [4.69, 9.17) is 4.74 Å². The Morgan fingerprint density at radius 2 is 1.97 bits per heavy atom. The van der Waals surface area contributed by atoms with E-state index >= 15 is 0 Å². The molecule has 162 valence electrons. The number of ether oxygens (including phenoxy) is 1. The summed E-state index contributed by atoms with van der Waals surface area (Å²) in [5.74, 6) is -0.757. The number of aromatic amines is 1. The predicted octanol–water partition coefficient (Wildman–Crippen LogP) is 0.525. The maximum atomic E-state index is 13.2. The van der Waals surface area contributed by atoms with Crippen LogP contribution in [0.2, 0.25) is 0 Å². The molecule has 11 heteroatoms. The molecule has 1 fully saturated rings. The quantitative estimate of drug-likeness (QED) is 0.564. The molecule has 3 aromatic rings. The SMILES string of the molecule is COc1ccc2c(c1)C(=O)N(C[C@@]1(c3c[nH+]n(-c4ccc(F)cc4)n3)NC(=O)NC1=O)C2. The number of amides is 4. The van der Waals surface area contributed by atoms with Gasteiger partial charge in [0.15, 0.2) is 6.20 Å². The topological polar surface area (TPSA) is 120 Å². The number of fused-ring (bicyclic) bond motifs is 1. The first-order chi connectivity index (χ1) is 15.4. The van der Waals surface area contributed by atoms with Gasteiger partial charge in [0.1, 0.15) is 17.3 Å². The van der Waals surface area contributed by atoms with Gasteiger partial charge in [-0.25, -0.2) is 9.18 Å². The molecule has 0 aliphatic carbocycles. The number of hydrogen-bond acceptors (Lipinski definition) is 5. The van der Waals surface area contributed by atoms with Crippen molar-refractivity contribution >= 4 is 17.8 Å². The summed E-state index contributed by atoms with van der Waals surface area (Å²) in [6.07, 6.45) is 1.46. The molecule has 4 amide bonds. The molecular formula is C21H18FN6O4+. The fourth-order valence-corrected chi connectivity index (χ4v) is 3.96. The fraction of sp³-hybridized carbons (Fsp3) is 0.190. The predicted molar refractivity (Wildman–Crippen MR) is 106 cm³/mol. The van der Waals surface area contributed by atoms with Crippen LogP contribution in [0.1, 0.15) is 21.6 Å². The molecule has 2 aromatic carbocycles. The molecule has 0 radical (unpaired) electrons. The van der Waals surface area contributed by atoms with Gasteiger partial charge in [-0.1, -0.05) is 6.07 Å². The van der Waals surface area contributed by atoms with Gasteiger partial charge in [0, 0.05) is 12.1 Å². The molecule has 5 rings (SSSR count). The van der Waals surface area contributed by atoms with E-state index in [0.29, 0.717) is 17.0 Å². The van der Waals surface area contributed by atoms with E-state index in [-0.39, 0.29) is 24.7 Å². The molecule has 3 N–H and O–H groups in total. The van der Waals surface area contributed by atoms with Crippen LogP contribution in [0.3, 0.4) is 0 Å². The molecular weight excluding hydrogens is 419 g/mol. The first kappa shape index (κ1) is 19.7. The normalized spacial score (nSPS) is 19.7. The van der Waals surface area contributed by atoms with Crippen LogP contribution in [0.15, 0.2) is 48.7 Å². The highest BCUT2D eigenvalue weighted by atomic mass is 19.1. The van der Waals surface area contributed by atoms with Gasteiger partial charge < -0.3 is 15.0 Å². The number of urea groups is 1. The third-order valence-electron chi connectivity index (χ3n) is 5.61. The monoisotopic (exact) mass is 437 g/mol. The van der Waals surface area contributed by atoms with Crippen LogP contribution in [-0.2, 0) is 16.9 Å². The molecule has 1 aromatic heterocycles. The van der Waals surface area contributed by atoms with Crippen molar-refractivity contribution in [2.75, 3.05) is 13.7 Å². The third kappa shape index (κ3) is 3.06. The Kier molecular flexibility index (Phi) is 4.40. The number of halogens is 1. The second-order valence-corrected chi connectivity index (χ2v) is 7.54. The summed E-state index contributed by atoms with van der Waals surface area (Å²) < 4.78 is 18.4. The zero-order chi connectivity index (χ0) is 22.5. The summed E-state index contributed by atoms with van der Waals surface area (Å²) in [7, 11) is 1.51. The lowest BCUT2D eigenvalue weighted by Crippen LogP contribution is -2.53. The second kappa shape index (κ2) is 7.15. The Hall–Kier alpha value is -4.28. The second-order valence-electron chi connectivity index (χ2n) is 7.54. The van der Waals surface area contributed by atoms with Crippen molar-refractivity contribution in [3.05, 3.63) is 71.3 Å². The van der Waals surface area contributed by atoms with Crippen molar-refractivity contribution in [1.82, 2.24) is 25.4 Å². The van der Waals surface area contributed by atoms with Crippen LogP contribution < -0.4 is 20.5 Å². The van der Waals surface area contributed by atoms with Gasteiger partial charge in [0.05, 0.1) is 18.8 Å². The summed E-state index contributed by atoms with van der Waals surface area (Å²) in [6.45, 7) is 0.139. The van der Waals surface area contributed by atoms with E-state index in [2.05, 4.69) is 20.8 Å². The molecule has 0 unspecified atom stereocenters. The lowest BCUT2D eigenvalue weighted by Gasteiger charge is -2.26. The Morgan fingerprint density at radius 3 is 2.66 bits per heavy atom. The lowest BCUT2D eigenvalue weighted by molar-refractivity contribution is -0.481. The maximum Gasteiger partial charge on any atom is 0.322 e. The molecule has 3 heterocycles. The van der Waals surface area contributed by atoms with Gasteiger partial charge in [-0.15, -0.1) is 0 Å². The summed E-state index contributed by atoms with van der Waals surface area (Å²) in [6, 6.07) is 10.1. The molecule has 0 spiro atoms. The molecule has 2 aliphatic rings. The van der Waals surface area contributed by atoms with E-state index in [0.717, 1.165) is 5.56 Å². The van der Waals surface area contributed by atoms with Crippen LogP contribution in [-0.4, -0.2) is 46.3 Å². The summed E-state index contributed by atoms with van der Waals surface area (Å²) in [5.41, 5.74) is 0.396. The fourth-order valence-electron chi connectivity index (χ4n) is 3.96. The van der Waals surface area contributed by atoms with E-state index in [1.165, 1.54) is 47.3 Å². The van der Waals surface area contributed by atoms with Crippen molar-refractivity contribution in [3.63, 3.8) is 0 Å². The third-order valence-corrected chi connectivity index (χ3v) is 5.61. The van der Waals surface area contributed by atoms with Gasteiger partial charge >= 0.3 is 6.03 Å². The summed E-state index contributed by atoms with van der Waals surface area (Å²) in [5, 5.41) is 12.1. The van der Waals surface area contributed by atoms with Crippen LogP contribution in [0.5, 0.6) is 5.75 Å². The van der Waals surface area contributed by atoms with Gasteiger partial charge in [-0.2, -0.15) is 5.10 Å². The molecule has 32 heavy (non-hydrogen) atoms. The largest absolute Gasteiger partial charge is 0.497 e. The number of rotatable bonds is 5. The molecule has 1 saturated heterocycles. The average Bonchev–Trinajstić information content (AvgIpc) is 3.46. The first-order valence-electron chi connectivity index (χ1n) is 9.73. The standard InChI is InChI=1S/C21H17FN6O4/c1-32-15-7-2-12-10-27(18(29)16(12)8-15)11-21(19(30)24-20(31)25-21)17-9-23-28(26-17)14-5-3-13(22)4-6-14/h2-9H,10-11H2,1H3,(H2,24,25,30,31)/p+1/t21-/m0/s1.